The third kappa shape index (κ3) is 17.6. The van der Waals surface area contributed by atoms with Crippen LogP contribution in [0.3, 0.4) is 0 Å². The number of carboxylic acid groups (broad SMARTS) is 3. The number of rotatable bonds is 15. The molecule has 3 aromatic rings. The highest BCUT2D eigenvalue weighted by Crippen LogP contribution is 2.10. The number of halogens is 3. The van der Waals surface area contributed by atoms with Crippen molar-refractivity contribution in [1.82, 2.24) is 16.0 Å². The minimum absolute atomic E-state index is 0.00551. The molecule has 0 heterocycles. The molecule has 3 aromatic carbocycles. The highest BCUT2D eigenvalue weighted by molar-refractivity contribution is 5.88. The first kappa shape index (κ1) is 46.2. The van der Waals surface area contributed by atoms with Crippen molar-refractivity contribution in [3.05, 3.63) is 107 Å². The average Bonchev–Trinajstić information content (AvgIpc) is 3.09. The van der Waals surface area contributed by atoms with Crippen LogP contribution in [0.15, 0.2) is 72.8 Å². The minimum atomic E-state index is -1.23. The zero-order valence-corrected chi connectivity index (χ0v) is 29.7. The van der Waals surface area contributed by atoms with Crippen LogP contribution in [0.4, 0.5) is 13.2 Å². The highest BCUT2D eigenvalue weighted by atomic mass is 19.1. The molecule has 0 radical (unpaired) electrons. The Morgan fingerprint density at radius 1 is 0.537 bits per heavy atom. The molecular weight excluding hydrogens is 717 g/mol. The van der Waals surface area contributed by atoms with Gasteiger partial charge in [0.25, 0.3) is 0 Å². The van der Waals surface area contributed by atoms with Crippen LogP contribution in [0.2, 0.25) is 0 Å². The fourth-order valence-corrected chi connectivity index (χ4v) is 4.15. The van der Waals surface area contributed by atoms with Gasteiger partial charge >= 0.3 is 17.9 Å². The first-order valence-electron chi connectivity index (χ1n) is 16.3. The van der Waals surface area contributed by atoms with Gasteiger partial charge in [-0.2, -0.15) is 0 Å². The Balaban J connectivity index is 0.000000405. The lowest BCUT2D eigenvalue weighted by molar-refractivity contribution is -0.142. The van der Waals surface area contributed by atoms with Crippen LogP contribution in [0.25, 0.3) is 0 Å². The van der Waals surface area contributed by atoms with E-state index in [0.717, 1.165) is 0 Å². The number of carbonyl (C=O) groups is 6. The van der Waals surface area contributed by atoms with Gasteiger partial charge in [0.1, 0.15) is 35.6 Å². The molecule has 294 valence electrons. The van der Waals surface area contributed by atoms with Crippen molar-refractivity contribution >= 4 is 35.6 Å². The zero-order valence-electron chi connectivity index (χ0n) is 29.7. The molecule has 0 aromatic heterocycles. The lowest BCUT2D eigenvalue weighted by Gasteiger charge is -2.16. The van der Waals surface area contributed by atoms with Gasteiger partial charge in [-0.1, -0.05) is 42.5 Å². The molecule has 0 fully saturated rings. The van der Waals surface area contributed by atoms with Gasteiger partial charge in [-0.25, -0.2) is 27.6 Å². The standard InChI is InChI=1S/3C12H15FN2O3/c1-7(14)11(16)15-10(12(17)18)6-8-2-4-9(13)5-3-8;1-7(14)11(16)15-10(12(17)18)6-8-3-2-4-9(13)5-8;1-7(14)11(16)15-10(12(17)18)6-8-4-2-3-5-9(8)13/h3*2-5,7,10H,6,14H2,1H3,(H,15,16)(H,17,18)/t3*7-,10?/m000/s1. The summed E-state index contributed by atoms with van der Waals surface area (Å²) >= 11 is 0. The van der Waals surface area contributed by atoms with Crippen molar-refractivity contribution in [2.45, 2.75) is 76.3 Å². The van der Waals surface area contributed by atoms with E-state index in [1.54, 1.807) is 12.1 Å². The average molecular weight is 763 g/mol. The van der Waals surface area contributed by atoms with Crippen molar-refractivity contribution in [3.63, 3.8) is 0 Å². The number of benzene rings is 3. The molecule has 12 N–H and O–H groups in total. The van der Waals surface area contributed by atoms with Gasteiger partial charge in [0.2, 0.25) is 17.7 Å². The Morgan fingerprint density at radius 2 is 0.944 bits per heavy atom. The number of hydrogen-bond acceptors (Lipinski definition) is 9. The molecule has 0 saturated heterocycles. The van der Waals surface area contributed by atoms with Crippen molar-refractivity contribution in [2.24, 2.45) is 17.2 Å². The minimum Gasteiger partial charge on any atom is -0.480 e. The van der Waals surface area contributed by atoms with E-state index >= 15 is 0 Å². The zero-order chi connectivity index (χ0) is 41.1. The molecule has 0 saturated carbocycles. The second-order valence-corrected chi connectivity index (χ2v) is 12.0. The number of nitrogens with one attached hydrogen (secondary N) is 3. The van der Waals surface area contributed by atoms with Crippen LogP contribution in [-0.2, 0) is 48.0 Å². The van der Waals surface area contributed by atoms with E-state index in [4.69, 9.17) is 32.5 Å². The van der Waals surface area contributed by atoms with Gasteiger partial charge in [-0.05, 0) is 67.8 Å². The van der Waals surface area contributed by atoms with E-state index in [0.29, 0.717) is 11.1 Å². The Labute approximate surface area is 309 Å². The predicted octanol–water partition coefficient (Wildman–Crippen LogP) is 0.854. The van der Waals surface area contributed by atoms with Crippen molar-refractivity contribution < 1.29 is 57.3 Å². The molecule has 18 heteroatoms. The predicted molar refractivity (Wildman–Crippen MR) is 190 cm³/mol. The topological polar surface area (TPSA) is 277 Å². The summed E-state index contributed by atoms with van der Waals surface area (Å²) in [4.78, 5) is 67.0. The number of carbonyl (C=O) groups excluding carboxylic acids is 3. The molecule has 6 atom stereocenters. The van der Waals surface area contributed by atoms with Crippen molar-refractivity contribution in [2.75, 3.05) is 0 Å². The third-order valence-electron chi connectivity index (χ3n) is 7.15. The van der Waals surface area contributed by atoms with Gasteiger partial charge in [-0.15, -0.1) is 0 Å². The summed E-state index contributed by atoms with van der Waals surface area (Å²) in [5, 5.41) is 33.8. The van der Waals surface area contributed by atoms with E-state index in [9.17, 15) is 41.9 Å². The molecule has 3 amide bonds. The van der Waals surface area contributed by atoms with Gasteiger partial charge in [-0.3, -0.25) is 14.4 Å². The van der Waals surface area contributed by atoms with E-state index in [-0.39, 0.29) is 24.8 Å². The summed E-state index contributed by atoms with van der Waals surface area (Å²) in [6, 6.07) is 11.1. The Kier molecular flexibility index (Phi) is 19.6. The summed E-state index contributed by atoms with van der Waals surface area (Å²) in [6.07, 6.45) is -0.0416. The monoisotopic (exact) mass is 762 g/mol. The number of hydrogen-bond donors (Lipinski definition) is 9. The molecule has 0 aliphatic carbocycles. The van der Waals surface area contributed by atoms with Crippen LogP contribution in [0.5, 0.6) is 0 Å². The van der Waals surface area contributed by atoms with Gasteiger partial charge in [0.15, 0.2) is 0 Å². The molecule has 15 nitrogen and oxygen atoms in total. The maximum Gasteiger partial charge on any atom is 0.326 e. The van der Waals surface area contributed by atoms with Crippen molar-refractivity contribution in [1.29, 1.82) is 0 Å². The fraction of sp³-hybridized carbons (Fsp3) is 0.333. The Morgan fingerprint density at radius 3 is 1.33 bits per heavy atom. The molecule has 0 bridgehead atoms. The molecule has 3 rings (SSSR count). The van der Waals surface area contributed by atoms with Crippen LogP contribution in [0, 0.1) is 17.5 Å². The quantitative estimate of drug-likeness (QED) is 0.104. The molecule has 0 spiro atoms. The number of amides is 3. The second kappa shape index (κ2) is 22.9. The number of nitrogens with two attached hydrogens (primary N) is 3. The van der Waals surface area contributed by atoms with Crippen LogP contribution < -0.4 is 33.2 Å². The molecule has 3 unspecified atom stereocenters. The normalized spacial score (nSPS) is 13.7. The van der Waals surface area contributed by atoms with Gasteiger partial charge in [0, 0.05) is 19.3 Å². The first-order valence-corrected chi connectivity index (χ1v) is 16.3. The maximum absolute atomic E-state index is 13.4. The molecule has 0 aliphatic heterocycles. The lowest BCUT2D eigenvalue weighted by Crippen LogP contribution is -2.48. The third-order valence-corrected chi connectivity index (χ3v) is 7.15. The van der Waals surface area contributed by atoms with Crippen molar-refractivity contribution in [3.8, 4) is 0 Å². The largest absolute Gasteiger partial charge is 0.480 e. The van der Waals surface area contributed by atoms with E-state index in [1.807, 2.05) is 0 Å². The summed E-state index contributed by atoms with van der Waals surface area (Å²) in [5.41, 5.74) is 17.4. The smallest absolute Gasteiger partial charge is 0.326 e. The van der Waals surface area contributed by atoms with Crippen LogP contribution >= 0.6 is 0 Å². The second-order valence-electron chi connectivity index (χ2n) is 12.0. The summed E-state index contributed by atoms with van der Waals surface area (Å²) in [5.74, 6) is -6.60. The fourth-order valence-electron chi connectivity index (χ4n) is 4.15. The Bertz CT molecular complexity index is 1730. The molecular formula is C36H45F3N6O9. The Hall–Kier alpha value is -5.85. The van der Waals surface area contributed by atoms with Crippen LogP contribution in [0.1, 0.15) is 37.5 Å². The summed E-state index contributed by atoms with van der Waals surface area (Å²) in [6.45, 7) is 4.36. The van der Waals surface area contributed by atoms with E-state index < -0.39 is 89.3 Å². The SMILES string of the molecule is C[C@H](N)C(=O)NC(Cc1ccc(F)cc1)C(=O)O.C[C@H](N)C(=O)NC(Cc1cccc(F)c1)C(=O)O.C[C@H](N)C(=O)NC(Cc1ccccc1F)C(=O)O. The number of carboxylic acids is 3. The molecule has 0 aliphatic rings. The lowest BCUT2D eigenvalue weighted by atomic mass is 10.1. The summed E-state index contributed by atoms with van der Waals surface area (Å²) in [7, 11) is 0. The van der Waals surface area contributed by atoms with E-state index in [1.165, 1.54) is 81.4 Å². The first-order chi connectivity index (χ1) is 25.2. The van der Waals surface area contributed by atoms with E-state index in [2.05, 4.69) is 16.0 Å². The highest BCUT2D eigenvalue weighted by Gasteiger charge is 2.24. The van der Waals surface area contributed by atoms with Crippen LogP contribution in [-0.4, -0.2) is 87.2 Å². The van der Waals surface area contributed by atoms with Gasteiger partial charge < -0.3 is 48.5 Å². The maximum atomic E-state index is 13.4. The summed E-state index contributed by atoms with van der Waals surface area (Å²) < 4.78 is 39.0. The molecule has 54 heavy (non-hydrogen) atoms. The van der Waals surface area contributed by atoms with Gasteiger partial charge in [0.05, 0.1) is 18.1 Å². The number of aliphatic carboxylic acids is 3.